The third-order valence-corrected chi connectivity index (χ3v) is 3.40. The van der Waals surface area contributed by atoms with Crippen molar-refractivity contribution in [1.29, 1.82) is 0 Å². The van der Waals surface area contributed by atoms with E-state index in [1.807, 2.05) is 23.6 Å². The second-order valence-corrected chi connectivity index (χ2v) is 4.57. The molecular formula is C12H25N5O2. The minimum atomic E-state index is -0.490. The first kappa shape index (κ1) is 15.6. The molecule has 110 valence electrons. The Kier molecular flexibility index (Phi) is 6.41. The zero-order valence-corrected chi connectivity index (χ0v) is 11.9. The molecule has 0 bridgehead atoms. The van der Waals surface area contributed by atoms with Crippen molar-refractivity contribution in [3.05, 3.63) is 0 Å². The van der Waals surface area contributed by atoms with Crippen LogP contribution in [0.2, 0.25) is 0 Å². The summed E-state index contributed by atoms with van der Waals surface area (Å²) in [6, 6.07) is -0.366. The van der Waals surface area contributed by atoms with Crippen LogP contribution in [-0.2, 0) is 0 Å². The van der Waals surface area contributed by atoms with E-state index < -0.39 is 6.03 Å². The van der Waals surface area contributed by atoms with E-state index in [9.17, 15) is 9.59 Å². The van der Waals surface area contributed by atoms with Gasteiger partial charge in [-0.3, -0.25) is 4.90 Å². The maximum Gasteiger partial charge on any atom is 0.320 e. The average Bonchev–Trinajstić information content (AvgIpc) is 2.40. The summed E-state index contributed by atoms with van der Waals surface area (Å²) < 4.78 is 0. The Balaban J connectivity index is 2.28. The number of nitrogens with zero attached hydrogens (tertiary/aromatic N) is 3. The van der Waals surface area contributed by atoms with Crippen molar-refractivity contribution in [3.8, 4) is 0 Å². The fourth-order valence-corrected chi connectivity index (χ4v) is 2.19. The number of amides is 4. The number of hydrogen-bond donors (Lipinski definition) is 2. The molecule has 0 aromatic heterocycles. The van der Waals surface area contributed by atoms with Gasteiger partial charge in [-0.15, -0.1) is 0 Å². The molecule has 0 atom stereocenters. The van der Waals surface area contributed by atoms with E-state index in [1.165, 1.54) is 0 Å². The van der Waals surface area contributed by atoms with Gasteiger partial charge in [0.2, 0.25) is 0 Å². The quantitative estimate of drug-likeness (QED) is 0.722. The van der Waals surface area contributed by atoms with Gasteiger partial charge in [0.25, 0.3) is 0 Å². The molecule has 0 radical (unpaired) electrons. The number of urea groups is 2. The van der Waals surface area contributed by atoms with Gasteiger partial charge in [-0.25, -0.2) is 9.59 Å². The zero-order valence-electron chi connectivity index (χ0n) is 11.9. The predicted molar refractivity (Wildman–Crippen MR) is 73.9 cm³/mol. The highest BCUT2D eigenvalue weighted by Gasteiger charge is 2.23. The van der Waals surface area contributed by atoms with Crippen LogP contribution < -0.4 is 11.1 Å². The molecule has 0 spiro atoms. The van der Waals surface area contributed by atoms with E-state index in [0.29, 0.717) is 6.54 Å². The molecule has 1 aliphatic rings. The minimum absolute atomic E-state index is 0.125. The smallest absolute Gasteiger partial charge is 0.320 e. The summed E-state index contributed by atoms with van der Waals surface area (Å²) in [6.45, 7) is 9.98. The Labute approximate surface area is 114 Å². The summed E-state index contributed by atoms with van der Waals surface area (Å²) >= 11 is 0. The first-order valence-corrected chi connectivity index (χ1v) is 6.88. The van der Waals surface area contributed by atoms with Crippen LogP contribution >= 0.6 is 0 Å². The Morgan fingerprint density at radius 2 is 1.74 bits per heavy atom. The van der Waals surface area contributed by atoms with Crippen LogP contribution in [0.4, 0.5) is 9.59 Å². The minimum Gasteiger partial charge on any atom is -0.352 e. The molecule has 4 amide bonds. The number of carbonyl (C=O) groups excluding carboxylic acids is 2. The summed E-state index contributed by atoms with van der Waals surface area (Å²) in [5.74, 6) is 0. The Bertz CT molecular complexity index is 298. The third kappa shape index (κ3) is 4.94. The summed E-state index contributed by atoms with van der Waals surface area (Å²) in [4.78, 5) is 28.6. The van der Waals surface area contributed by atoms with Crippen LogP contribution in [0, 0.1) is 0 Å². The van der Waals surface area contributed by atoms with E-state index in [1.54, 1.807) is 0 Å². The standard InChI is InChI=1S/C12H25N5O2/c1-3-16(4-2)12(19)17-9-7-15(8-10-17)6-5-14-11(13)18/h3-10H2,1-2H3,(H3,13,14,18). The van der Waals surface area contributed by atoms with Crippen LogP contribution in [0.25, 0.3) is 0 Å². The number of hydrogen-bond acceptors (Lipinski definition) is 3. The lowest BCUT2D eigenvalue weighted by Gasteiger charge is -2.37. The lowest BCUT2D eigenvalue weighted by atomic mass is 10.3. The second-order valence-electron chi connectivity index (χ2n) is 4.57. The van der Waals surface area contributed by atoms with Gasteiger partial charge in [0.15, 0.2) is 0 Å². The van der Waals surface area contributed by atoms with Gasteiger partial charge >= 0.3 is 12.1 Å². The second kappa shape index (κ2) is 7.83. The normalized spacial score (nSPS) is 16.2. The summed E-state index contributed by atoms with van der Waals surface area (Å²) in [6.07, 6.45) is 0. The molecule has 1 aliphatic heterocycles. The summed E-state index contributed by atoms with van der Waals surface area (Å²) in [7, 11) is 0. The molecular weight excluding hydrogens is 246 g/mol. The van der Waals surface area contributed by atoms with Crippen molar-refractivity contribution in [1.82, 2.24) is 20.0 Å². The molecule has 3 N–H and O–H groups in total. The van der Waals surface area contributed by atoms with E-state index in [4.69, 9.17) is 5.73 Å². The molecule has 7 heteroatoms. The highest BCUT2D eigenvalue weighted by molar-refractivity contribution is 5.74. The van der Waals surface area contributed by atoms with Gasteiger partial charge in [0.1, 0.15) is 0 Å². The van der Waals surface area contributed by atoms with Crippen LogP contribution in [-0.4, -0.2) is 79.1 Å². The molecule has 0 aromatic rings. The molecule has 1 fully saturated rings. The average molecular weight is 271 g/mol. The molecule has 7 nitrogen and oxygen atoms in total. The van der Waals surface area contributed by atoms with Gasteiger partial charge in [-0.05, 0) is 13.8 Å². The van der Waals surface area contributed by atoms with Crippen LogP contribution in [0.15, 0.2) is 0 Å². The molecule has 0 aliphatic carbocycles. The largest absolute Gasteiger partial charge is 0.352 e. The molecule has 0 aromatic carbocycles. The Hall–Kier alpha value is -1.50. The van der Waals surface area contributed by atoms with Crippen molar-refractivity contribution in [2.75, 3.05) is 52.4 Å². The topological polar surface area (TPSA) is 81.9 Å². The SMILES string of the molecule is CCN(CC)C(=O)N1CCN(CCNC(N)=O)CC1. The number of nitrogens with two attached hydrogens (primary N) is 1. The summed E-state index contributed by atoms with van der Waals surface area (Å²) in [5, 5.41) is 2.57. The number of primary amides is 1. The fourth-order valence-electron chi connectivity index (χ4n) is 2.19. The Morgan fingerprint density at radius 1 is 1.16 bits per heavy atom. The highest BCUT2D eigenvalue weighted by Crippen LogP contribution is 2.05. The Morgan fingerprint density at radius 3 is 2.21 bits per heavy atom. The van der Waals surface area contributed by atoms with Gasteiger partial charge in [0.05, 0.1) is 0 Å². The molecule has 19 heavy (non-hydrogen) atoms. The molecule has 1 rings (SSSR count). The molecule has 1 heterocycles. The third-order valence-electron chi connectivity index (χ3n) is 3.40. The maximum atomic E-state index is 12.1. The first-order valence-electron chi connectivity index (χ1n) is 6.88. The van der Waals surface area contributed by atoms with E-state index in [2.05, 4.69) is 10.2 Å². The summed E-state index contributed by atoms with van der Waals surface area (Å²) in [5.41, 5.74) is 5.01. The van der Waals surface area contributed by atoms with Crippen molar-refractivity contribution in [2.45, 2.75) is 13.8 Å². The highest BCUT2D eigenvalue weighted by atomic mass is 16.2. The van der Waals surface area contributed by atoms with E-state index in [0.717, 1.165) is 45.8 Å². The number of rotatable bonds is 5. The molecule has 0 unspecified atom stereocenters. The number of piperazine rings is 1. The zero-order chi connectivity index (χ0) is 14.3. The van der Waals surface area contributed by atoms with Crippen LogP contribution in [0.1, 0.15) is 13.8 Å². The monoisotopic (exact) mass is 271 g/mol. The lowest BCUT2D eigenvalue weighted by Crippen LogP contribution is -2.53. The number of nitrogens with one attached hydrogen (secondary N) is 1. The molecule has 0 saturated carbocycles. The predicted octanol–water partition coefficient (Wildman–Crippen LogP) is -0.266. The van der Waals surface area contributed by atoms with Crippen molar-refractivity contribution < 1.29 is 9.59 Å². The van der Waals surface area contributed by atoms with Crippen LogP contribution in [0.5, 0.6) is 0 Å². The van der Waals surface area contributed by atoms with Gasteiger partial charge < -0.3 is 20.9 Å². The number of carbonyl (C=O) groups is 2. The van der Waals surface area contributed by atoms with Crippen molar-refractivity contribution in [2.24, 2.45) is 5.73 Å². The van der Waals surface area contributed by atoms with Crippen molar-refractivity contribution >= 4 is 12.1 Å². The van der Waals surface area contributed by atoms with Gasteiger partial charge in [-0.2, -0.15) is 0 Å². The first-order chi connectivity index (χ1) is 9.08. The maximum absolute atomic E-state index is 12.1. The van der Waals surface area contributed by atoms with Crippen molar-refractivity contribution in [3.63, 3.8) is 0 Å². The van der Waals surface area contributed by atoms with Gasteiger partial charge in [0, 0.05) is 52.4 Å². The van der Waals surface area contributed by atoms with E-state index in [-0.39, 0.29) is 6.03 Å². The molecule has 1 saturated heterocycles. The van der Waals surface area contributed by atoms with Crippen LogP contribution in [0.3, 0.4) is 0 Å². The van der Waals surface area contributed by atoms with E-state index >= 15 is 0 Å². The van der Waals surface area contributed by atoms with Gasteiger partial charge in [-0.1, -0.05) is 0 Å². The lowest BCUT2D eigenvalue weighted by molar-refractivity contribution is 0.116. The fraction of sp³-hybridized carbons (Fsp3) is 0.833.